The molecule has 8 heteroatoms. The zero-order valence-electron chi connectivity index (χ0n) is 14.3. The second-order valence-electron chi connectivity index (χ2n) is 5.62. The van der Waals surface area contributed by atoms with Crippen molar-refractivity contribution in [1.29, 1.82) is 0 Å². The van der Waals surface area contributed by atoms with E-state index >= 15 is 0 Å². The molecule has 3 rings (SSSR count). The molecule has 0 N–H and O–H groups in total. The van der Waals surface area contributed by atoms with Gasteiger partial charge in [-0.05, 0) is 25.1 Å². The maximum absolute atomic E-state index is 10.4. The van der Waals surface area contributed by atoms with Gasteiger partial charge in [0.2, 0.25) is 5.82 Å². The number of benzene rings is 1. The number of piperidine rings is 1. The van der Waals surface area contributed by atoms with Crippen molar-refractivity contribution in [3.05, 3.63) is 18.2 Å². The summed E-state index contributed by atoms with van der Waals surface area (Å²) in [6.07, 6.45) is 1.45. The van der Waals surface area contributed by atoms with Crippen LogP contribution in [0.4, 0.5) is 6.01 Å². The number of methoxy groups -OCH3 is 1. The molecule has 1 aliphatic heterocycles. The molecule has 1 fully saturated rings. The molecular weight excluding hydrogens is 326 g/mol. The van der Waals surface area contributed by atoms with E-state index < -0.39 is 0 Å². The number of hydrogen-bond donors (Lipinski definition) is 0. The molecule has 0 bridgehead atoms. The van der Waals surface area contributed by atoms with Gasteiger partial charge < -0.3 is 23.6 Å². The van der Waals surface area contributed by atoms with Crippen LogP contribution >= 0.6 is 0 Å². The molecule has 134 valence electrons. The highest BCUT2D eigenvalue weighted by molar-refractivity contribution is 5.61. The zero-order chi connectivity index (χ0) is 17.6. The van der Waals surface area contributed by atoms with Crippen LogP contribution in [0.5, 0.6) is 11.5 Å². The minimum Gasteiger partial charge on any atom is -0.493 e. The van der Waals surface area contributed by atoms with Crippen LogP contribution in [0.1, 0.15) is 19.8 Å². The molecule has 2 aromatic rings. The Kier molecular flexibility index (Phi) is 5.37. The van der Waals surface area contributed by atoms with Crippen LogP contribution in [0.15, 0.2) is 22.7 Å². The smallest absolute Gasteiger partial charge is 0.324 e. The minimum atomic E-state index is -0.0356. The van der Waals surface area contributed by atoms with E-state index in [0.717, 1.165) is 18.4 Å². The fraction of sp³-hybridized carbons (Fsp3) is 0.471. The van der Waals surface area contributed by atoms with E-state index in [9.17, 15) is 4.79 Å². The van der Waals surface area contributed by atoms with Gasteiger partial charge in [0.05, 0.1) is 13.7 Å². The maximum Gasteiger partial charge on any atom is 0.324 e. The van der Waals surface area contributed by atoms with Crippen LogP contribution < -0.4 is 14.4 Å². The van der Waals surface area contributed by atoms with Crippen molar-refractivity contribution in [1.82, 2.24) is 10.1 Å². The molecule has 1 aromatic heterocycles. The fourth-order valence-corrected chi connectivity index (χ4v) is 2.80. The quantitative estimate of drug-likeness (QED) is 0.705. The van der Waals surface area contributed by atoms with Gasteiger partial charge in [-0.1, -0.05) is 5.16 Å². The van der Waals surface area contributed by atoms with Crippen molar-refractivity contribution >= 4 is 12.5 Å². The van der Waals surface area contributed by atoms with Gasteiger partial charge in [0, 0.05) is 31.5 Å². The van der Waals surface area contributed by atoms with Gasteiger partial charge in [-0.3, -0.25) is 4.79 Å². The number of carbonyl (C=O) groups excluding carboxylic acids is 1. The Morgan fingerprint density at radius 2 is 2.12 bits per heavy atom. The molecule has 0 saturated carbocycles. The van der Waals surface area contributed by atoms with Crippen molar-refractivity contribution in [2.75, 3.05) is 31.7 Å². The first kappa shape index (κ1) is 17.1. The fourth-order valence-electron chi connectivity index (χ4n) is 2.80. The molecule has 2 heterocycles. The third-order valence-electron chi connectivity index (χ3n) is 4.10. The highest BCUT2D eigenvalue weighted by Crippen LogP contribution is 2.32. The van der Waals surface area contributed by atoms with Crippen molar-refractivity contribution in [3.63, 3.8) is 0 Å². The zero-order valence-corrected chi connectivity index (χ0v) is 14.3. The summed E-state index contributed by atoms with van der Waals surface area (Å²) in [5, 5.41) is 4.06. The highest BCUT2D eigenvalue weighted by atomic mass is 16.5. The molecule has 8 nitrogen and oxygen atoms in total. The van der Waals surface area contributed by atoms with Gasteiger partial charge in [-0.2, -0.15) is 4.98 Å². The summed E-state index contributed by atoms with van der Waals surface area (Å²) >= 11 is 0. The molecule has 0 atom stereocenters. The first-order valence-corrected chi connectivity index (χ1v) is 8.24. The number of carbonyl (C=O) groups is 1. The van der Waals surface area contributed by atoms with Crippen molar-refractivity contribution in [2.45, 2.75) is 25.9 Å². The van der Waals surface area contributed by atoms with Crippen molar-refractivity contribution in [3.8, 4) is 22.9 Å². The van der Waals surface area contributed by atoms with E-state index in [1.165, 1.54) is 0 Å². The Hall–Kier alpha value is -2.77. The summed E-state index contributed by atoms with van der Waals surface area (Å²) in [4.78, 5) is 16.9. The van der Waals surface area contributed by atoms with Gasteiger partial charge in [-0.15, -0.1) is 0 Å². The van der Waals surface area contributed by atoms with E-state index in [1.807, 2.05) is 30.0 Å². The average molecular weight is 347 g/mol. The van der Waals surface area contributed by atoms with E-state index in [-0.39, 0.29) is 6.10 Å². The van der Waals surface area contributed by atoms with Gasteiger partial charge in [0.25, 0.3) is 6.47 Å². The van der Waals surface area contributed by atoms with Gasteiger partial charge in [-0.25, -0.2) is 0 Å². The lowest BCUT2D eigenvalue weighted by Gasteiger charge is -2.29. The number of rotatable bonds is 7. The normalized spacial score (nSPS) is 15.0. The lowest BCUT2D eigenvalue weighted by molar-refractivity contribution is -0.134. The first-order chi connectivity index (χ1) is 12.2. The molecule has 0 amide bonds. The molecule has 0 aliphatic carbocycles. The average Bonchev–Trinajstić information content (AvgIpc) is 3.13. The van der Waals surface area contributed by atoms with Crippen LogP contribution in [0.25, 0.3) is 11.4 Å². The third-order valence-corrected chi connectivity index (χ3v) is 4.10. The standard InChI is InChI=1S/C17H21N3O5/c1-3-23-14-5-4-12(10-15(14)22-2)16-18-17(25-19-16)20-8-6-13(7-9-20)24-11-21/h4-5,10-11,13H,3,6-9H2,1-2H3. The minimum absolute atomic E-state index is 0.0356. The van der Waals surface area contributed by atoms with Crippen molar-refractivity contribution in [2.24, 2.45) is 0 Å². The Bertz CT molecular complexity index is 710. The lowest BCUT2D eigenvalue weighted by atomic mass is 10.1. The van der Waals surface area contributed by atoms with E-state index in [1.54, 1.807) is 7.11 Å². The SMILES string of the molecule is CCOc1ccc(-c2noc(N3CCC(OC=O)CC3)n2)cc1OC. The maximum atomic E-state index is 10.4. The summed E-state index contributed by atoms with van der Waals surface area (Å²) in [5.41, 5.74) is 0.787. The lowest BCUT2D eigenvalue weighted by Crippen LogP contribution is -2.37. The molecule has 0 spiro atoms. The Morgan fingerprint density at radius 1 is 1.32 bits per heavy atom. The summed E-state index contributed by atoms with van der Waals surface area (Å²) in [6, 6.07) is 5.99. The topological polar surface area (TPSA) is 86.9 Å². The molecule has 25 heavy (non-hydrogen) atoms. The van der Waals surface area contributed by atoms with E-state index in [2.05, 4.69) is 10.1 Å². The van der Waals surface area contributed by atoms with Crippen LogP contribution in [-0.2, 0) is 9.53 Å². The summed E-state index contributed by atoms with van der Waals surface area (Å²) in [6.45, 7) is 4.39. The summed E-state index contributed by atoms with van der Waals surface area (Å²) in [5.74, 6) is 1.79. The largest absolute Gasteiger partial charge is 0.493 e. The Labute approximate surface area is 145 Å². The predicted octanol–water partition coefficient (Wildman–Crippen LogP) is 2.29. The first-order valence-electron chi connectivity index (χ1n) is 8.24. The van der Waals surface area contributed by atoms with Crippen LogP contribution in [0.2, 0.25) is 0 Å². The number of hydrogen-bond acceptors (Lipinski definition) is 8. The van der Waals surface area contributed by atoms with Crippen molar-refractivity contribution < 1.29 is 23.5 Å². The molecular formula is C17H21N3O5. The van der Waals surface area contributed by atoms with Gasteiger partial charge in [0.1, 0.15) is 6.10 Å². The van der Waals surface area contributed by atoms with Gasteiger partial charge >= 0.3 is 6.01 Å². The van der Waals surface area contributed by atoms with Crippen LogP contribution in [-0.4, -0.2) is 49.5 Å². The van der Waals surface area contributed by atoms with Gasteiger partial charge in [0.15, 0.2) is 11.5 Å². The molecule has 1 saturated heterocycles. The van der Waals surface area contributed by atoms with E-state index in [4.69, 9.17) is 18.7 Å². The monoisotopic (exact) mass is 347 g/mol. The second kappa shape index (κ2) is 7.87. The molecule has 1 aromatic carbocycles. The van der Waals surface area contributed by atoms with E-state index in [0.29, 0.717) is 49.5 Å². The second-order valence-corrected chi connectivity index (χ2v) is 5.62. The molecule has 0 unspecified atom stereocenters. The summed E-state index contributed by atoms with van der Waals surface area (Å²) < 4.78 is 21.3. The molecule has 1 aliphatic rings. The number of aromatic nitrogens is 2. The Morgan fingerprint density at radius 3 is 2.80 bits per heavy atom. The molecule has 0 radical (unpaired) electrons. The Balaban J connectivity index is 1.72. The van der Waals surface area contributed by atoms with Crippen LogP contribution in [0.3, 0.4) is 0 Å². The predicted molar refractivity (Wildman–Crippen MR) is 89.8 cm³/mol. The summed E-state index contributed by atoms with van der Waals surface area (Å²) in [7, 11) is 1.59. The van der Waals surface area contributed by atoms with Crippen LogP contribution in [0, 0.1) is 0 Å². The third kappa shape index (κ3) is 3.84. The number of anilines is 1. The highest BCUT2D eigenvalue weighted by Gasteiger charge is 2.24. The number of ether oxygens (including phenoxy) is 3. The number of nitrogens with zero attached hydrogens (tertiary/aromatic N) is 3.